The van der Waals surface area contributed by atoms with Crippen molar-refractivity contribution in [3.8, 4) is 0 Å². The third kappa shape index (κ3) is 3.82. The fourth-order valence-electron chi connectivity index (χ4n) is 4.15. The summed E-state index contributed by atoms with van der Waals surface area (Å²) in [4.78, 5) is 17.6. The van der Waals surface area contributed by atoms with E-state index in [0.717, 1.165) is 53.8 Å². The molecule has 3 aromatic rings. The van der Waals surface area contributed by atoms with E-state index in [2.05, 4.69) is 42.3 Å². The lowest BCUT2D eigenvalue weighted by atomic mass is 9.94. The maximum atomic E-state index is 13.5. The van der Waals surface area contributed by atoms with Crippen LogP contribution in [0.4, 0.5) is 0 Å². The number of benzene rings is 1. The SMILES string of the molecule is CCn1nc2c(c1C(=O)N[C@@H](c1ccncc1)c1ccc(C)c(C)c1)CCCC2. The molecule has 29 heavy (non-hydrogen) atoms. The van der Waals surface area contributed by atoms with E-state index in [9.17, 15) is 4.79 Å². The highest BCUT2D eigenvalue weighted by Crippen LogP contribution is 2.27. The molecule has 1 N–H and O–H groups in total. The molecule has 5 nitrogen and oxygen atoms in total. The number of nitrogens with zero attached hydrogens (tertiary/aromatic N) is 3. The summed E-state index contributed by atoms with van der Waals surface area (Å²) in [5, 5.41) is 8.01. The van der Waals surface area contributed by atoms with Gasteiger partial charge < -0.3 is 5.32 Å². The van der Waals surface area contributed by atoms with Gasteiger partial charge in [-0.3, -0.25) is 14.5 Å². The molecule has 1 aromatic carbocycles. The van der Waals surface area contributed by atoms with Crippen molar-refractivity contribution in [1.29, 1.82) is 0 Å². The fourth-order valence-corrected chi connectivity index (χ4v) is 4.15. The van der Waals surface area contributed by atoms with Crippen LogP contribution in [-0.2, 0) is 19.4 Å². The van der Waals surface area contributed by atoms with Gasteiger partial charge in [-0.25, -0.2) is 0 Å². The van der Waals surface area contributed by atoms with Gasteiger partial charge in [-0.1, -0.05) is 18.2 Å². The van der Waals surface area contributed by atoms with Crippen LogP contribution in [0.2, 0.25) is 0 Å². The predicted octanol–water partition coefficient (Wildman–Crippen LogP) is 4.31. The van der Waals surface area contributed by atoms with E-state index in [0.29, 0.717) is 6.54 Å². The lowest BCUT2D eigenvalue weighted by Crippen LogP contribution is -2.32. The molecule has 0 spiro atoms. The second-order valence-corrected chi connectivity index (χ2v) is 7.83. The van der Waals surface area contributed by atoms with E-state index in [4.69, 9.17) is 5.10 Å². The van der Waals surface area contributed by atoms with Crippen LogP contribution in [0.15, 0.2) is 42.7 Å². The first-order valence-corrected chi connectivity index (χ1v) is 10.4. The van der Waals surface area contributed by atoms with Crippen molar-refractivity contribution in [2.24, 2.45) is 0 Å². The molecule has 0 saturated heterocycles. The van der Waals surface area contributed by atoms with Crippen LogP contribution in [-0.4, -0.2) is 20.7 Å². The Bertz CT molecular complexity index is 1020. The van der Waals surface area contributed by atoms with Crippen LogP contribution < -0.4 is 5.32 Å². The number of aryl methyl sites for hydroxylation is 4. The second kappa shape index (κ2) is 8.19. The minimum atomic E-state index is -0.232. The first-order chi connectivity index (χ1) is 14.1. The molecular formula is C24H28N4O. The first-order valence-electron chi connectivity index (χ1n) is 10.4. The lowest BCUT2D eigenvalue weighted by molar-refractivity contribution is 0.0931. The third-order valence-electron chi connectivity index (χ3n) is 5.92. The Balaban J connectivity index is 1.73. The molecular weight excluding hydrogens is 360 g/mol. The largest absolute Gasteiger partial charge is 0.340 e. The summed E-state index contributed by atoms with van der Waals surface area (Å²) < 4.78 is 1.87. The molecule has 150 valence electrons. The fraction of sp³-hybridized carbons (Fsp3) is 0.375. The van der Waals surface area contributed by atoms with Crippen LogP contribution in [0.3, 0.4) is 0 Å². The van der Waals surface area contributed by atoms with Crippen LogP contribution >= 0.6 is 0 Å². The number of pyridine rings is 1. The molecule has 2 heterocycles. The Morgan fingerprint density at radius 1 is 1.07 bits per heavy atom. The van der Waals surface area contributed by atoms with Gasteiger partial charge >= 0.3 is 0 Å². The molecule has 1 atom stereocenters. The molecule has 0 bridgehead atoms. The predicted molar refractivity (Wildman–Crippen MR) is 114 cm³/mol. The van der Waals surface area contributed by atoms with Crippen molar-refractivity contribution >= 4 is 5.91 Å². The minimum absolute atomic E-state index is 0.0532. The number of rotatable bonds is 5. The number of amides is 1. The second-order valence-electron chi connectivity index (χ2n) is 7.83. The topological polar surface area (TPSA) is 59.8 Å². The van der Waals surface area contributed by atoms with Crippen molar-refractivity contribution < 1.29 is 4.79 Å². The van der Waals surface area contributed by atoms with Gasteiger partial charge in [0.1, 0.15) is 5.69 Å². The standard InChI is InChI=1S/C24H28N4O/c1-4-28-23(20-7-5-6-8-21(20)27-28)24(29)26-22(18-11-13-25-14-12-18)19-10-9-16(2)17(3)15-19/h9-15,22H,4-8H2,1-3H3,(H,26,29)/t22-/m0/s1. The first kappa shape index (κ1) is 19.4. The van der Waals surface area contributed by atoms with E-state index < -0.39 is 0 Å². The van der Waals surface area contributed by atoms with Crippen LogP contribution in [0.5, 0.6) is 0 Å². The van der Waals surface area contributed by atoms with E-state index in [1.807, 2.05) is 23.7 Å². The van der Waals surface area contributed by atoms with Gasteiger partial charge in [-0.05, 0) is 80.8 Å². The molecule has 4 rings (SSSR count). The van der Waals surface area contributed by atoms with Gasteiger partial charge in [0.15, 0.2) is 0 Å². The van der Waals surface area contributed by atoms with Crippen molar-refractivity contribution in [3.63, 3.8) is 0 Å². The molecule has 1 aliphatic carbocycles. The molecule has 0 fully saturated rings. The van der Waals surface area contributed by atoms with Gasteiger partial charge in [-0.2, -0.15) is 5.10 Å². The summed E-state index contributed by atoms with van der Waals surface area (Å²) in [6.07, 6.45) is 7.71. The normalized spacial score (nSPS) is 14.3. The molecule has 2 aromatic heterocycles. The van der Waals surface area contributed by atoms with Crippen molar-refractivity contribution in [1.82, 2.24) is 20.1 Å². The summed E-state index contributed by atoms with van der Waals surface area (Å²) in [6, 6.07) is 10.1. The molecule has 5 heteroatoms. The number of aromatic nitrogens is 3. The summed E-state index contributed by atoms with van der Waals surface area (Å²) >= 11 is 0. The Hall–Kier alpha value is -2.95. The third-order valence-corrected chi connectivity index (χ3v) is 5.92. The quantitative estimate of drug-likeness (QED) is 0.708. The zero-order chi connectivity index (χ0) is 20.4. The average Bonchev–Trinajstić information content (AvgIpc) is 3.13. The summed E-state index contributed by atoms with van der Waals surface area (Å²) in [7, 11) is 0. The smallest absolute Gasteiger partial charge is 0.270 e. The molecule has 0 radical (unpaired) electrons. The monoisotopic (exact) mass is 388 g/mol. The molecule has 0 saturated carbocycles. The number of hydrogen-bond acceptors (Lipinski definition) is 3. The highest BCUT2D eigenvalue weighted by molar-refractivity contribution is 5.95. The highest BCUT2D eigenvalue weighted by Gasteiger charge is 2.27. The van der Waals surface area contributed by atoms with Crippen molar-refractivity contribution in [2.45, 2.75) is 59.0 Å². The molecule has 1 amide bonds. The lowest BCUT2D eigenvalue weighted by Gasteiger charge is -2.21. The molecule has 0 unspecified atom stereocenters. The van der Waals surface area contributed by atoms with Crippen LogP contribution in [0.25, 0.3) is 0 Å². The maximum Gasteiger partial charge on any atom is 0.270 e. The highest BCUT2D eigenvalue weighted by atomic mass is 16.2. The number of carbonyl (C=O) groups is 1. The van der Waals surface area contributed by atoms with E-state index in [1.165, 1.54) is 11.1 Å². The summed E-state index contributed by atoms with van der Waals surface area (Å²) in [6.45, 7) is 6.94. The number of carbonyl (C=O) groups excluding carboxylic acids is 1. The molecule has 0 aliphatic heterocycles. The summed E-state index contributed by atoms with van der Waals surface area (Å²) in [5.41, 5.74) is 7.50. The van der Waals surface area contributed by atoms with Crippen LogP contribution in [0.1, 0.15) is 69.8 Å². The van der Waals surface area contributed by atoms with Crippen molar-refractivity contribution in [3.05, 3.63) is 81.9 Å². The maximum absolute atomic E-state index is 13.5. The van der Waals surface area contributed by atoms with E-state index in [1.54, 1.807) is 12.4 Å². The number of fused-ring (bicyclic) bond motifs is 1. The van der Waals surface area contributed by atoms with Gasteiger partial charge in [0.2, 0.25) is 0 Å². The van der Waals surface area contributed by atoms with Crippen LogP contribution in [0, 0.1) is 13.8 Å². The minimum Gasteiger partial charge on any atom is -0.340 e. The van der Waals surface area contributed by atoms with Gasteiger partial charge in [-0.15, -0.1) is 0 Å². The van der Waals surface area contributed by atoms with Gasteiger partial charge in [0, 0.05) is 24.5 Å². The Labute approximate surface area is 172 Å². The van der Waals surface area contributed by atoms with Gasteiger partial charge in [0.05, 0.1) is 11.7 Å². The average molecular weight is 389 g/mol. The Morgan fingerprint density at radius 3 is 2.55 bits per heavy atom. The number of hydrogen-bond donors (Lipinski definition) is 1. The Kier molecular flexibility index (Phi) is 5.47. The van der Waals surface area contributed by atoms with Gasteiger partial charge in [0.25, 0.3) is 5.91 Å². The van der Waals surface area contributed by atoms with E-state index >= 15 is 0 Å². The molecule has 1 aliphatic rings. The zero-order valence-electron chi connectivity index (χ0n) is 17.4. The Morgan fingerprint density at radius 2 is 1.83 bits per heavy atom. The summed E-state index contributed by atoms with van der Waals surface area (Å²) in [5.74, 6) is -0.0532. The number of nitrogens with one attached hydrogen (secondary N) is 1. The van der Waals surface area contributed by atoms with Crippen molar-refractivity contribution in [2.75, 3.05) is 0 Å². The van der Waals surface area contributed by atoms with E-state index in [-0.39, 0.29) is 11.9 Å². The zero-order valence-corrected chi connectivity index (χ0v) is 17.4.